The zero-order valence-corrected chi connectivity index (χ0v) is 8.98. The van der Waals surface area contributed by atoms with E-state index >= 15 is 0 Å². The van der Waals surface area contributed by atoms with Crippen LogP contribution in [0.2, 0.25) is 0 Å². The Labute approximate surface area is 78.6 Å². The minimum atomic E-state index is 0. The third-order valence-electron chi connectivity index (χ3n) is 2.33. The van der Waals surface area contributed by atoms with Gasteiger partial charge in [-0.1, -0.05) is 34.1 Å². The number of hydrogen-bond acceptors (Lipinski definition) is 2. The molecule has 0 radical (unpaired) electrons. The number of nitrogens with one attached hydrogen (secondary N) is 2. The van der Waals surface area contributed by atoms with Crippen molar-refractivity contribution in [3.05, 3.63) is 0 Å². The van der Waals surface area contributed by atoms with E-state index in [2.05, 4.69) is 24.5 Å². The molecule has 0 unspecified atom stereocenters. The highest BCUT2D eigenvalue weighted by Crippen LogP contribution is 2.11. The Kier molecular flexibility index (Phi) is 7.51. The van der Waals surface area contributed by atoms with Crippen LogP contribution < -0.4 is 10.6 Å². The van der Waals surface area contributed by atoms with E-state index in [-0.39, 0.29) is 1.43 Å². The van der Waals surface area contributed by atoms with Gasteiger partial charge in [-0.15, -0.1) is 0 Å². The first kappa shape index (κ1) is 11.9. The van der Waals surface area contributed by atoms with Gasteiger partial charge in [0.25, 0.3) is 0 Å². The van der Waals surface area contributed by atoms with Crippen LogP contribution in [0, 0.1) is 5.92 Å². The van der Waals surface area contributed by atoms with Crippen LogP contribution in [-0.2, 0) is 0 Å². The fourth-order valence-corrected chi connectivity index (χ4v) is 1.66. The maximum Gasteiger partial charge on any atom is 0.0232 e. The van der Waals surface area contributed by atoms with Crippen LogP contribution in [0.5, 0.6) is 0 Å². The molecule has 0 bridgehead atoms. The lowest BCUT2D eigenvalue weighted by molar-refractivity contribution is 0.425. The molecule has 1 heterocycles. The second-order valence-electron chi connectivity index (χ2n) is 2.99. The predicted octanol–water partition coefficient (Wildman–Crippen LogP) is 1.87. The predicted molar refractivity (Wildman–Crippen MR) is 57.6 cm³/mol. The van der Waals surface area contributed by atoms with Gasteiger partial charge in [0.1, 0.15) is 0 Å². The lowest BCUT2D eigenvalue weighted by atomic mass is 10.0. The smallest absolute Gasteiger partial charge is 0.0232 e. The van der Waals surface area contributed by atoms with Crippen molar-refractivity contribution < 1.29 is 1.43 Å². The molecule has 0 amide bonds. The van der Waals surface area contributed by atoms with E-state index in [9.17, 15) is 0 Å². The molecule has 0 spiro atoms. The minimum Gasteiger partial charge on any atom is -0.315 e. The Morgan fingerprint density at radius 1 is 1.33 bits per heavy atom. The van der Waals surface area contributed by atoms with Crippen molar-refractivity contribution in [3.8, 4) is 0 Å². The van der Waals surface area contributed by atoms with E-state index in [4.69, 9.17) is 0 Å². The topological polar surface area (TPSA) is 24.1 Å². The molecule has 0 aromatic rings. The Morgan fingerprint density at radius 3 is 2.50 bits per heavy atom. The molecule has 2 N–H and O–H groups in total. The van der Waals surface area contributed by atoms with Crippen molar-refractivity contribution in [3.63, 3.8) is 0 Å². The zero-order valence-electron chi connectivity index (χ0n) is 8.98. The summed E-state index contributed by atoms with van der Waals surface area (Å²) in [6.45, 7) is 11.9. The second-order valence-corrected chi connectivity index (χ2v) is 2.99. The van der Waals surface area contributed by atoms with Crippen molar-refractivity contribution in [2.45, 2.75) is 40.2 Å². The van der Waals surface area contributed by atoms with E-state index in [1.165, 1.54) is 13.0 Å². The molecular formula is C10H26N2. The van der Waals surface area contributed by atoms with Gasteiger partial charge >= 0.3 is 0 Å². The van der Waals surface area contributed by atoms with Gasteiger partial charge in [-0.25, -0.2) is 0 Å². The summed E-state index contributed by atoms with van der Waals surface area (Å²) in [4.78, 5) is 0. The second kappa shape index (κ2) is 7.56. The molecule has 12 heavy (non-hydrogen) atoms. The molecule has 0 aromatic carbocycles. The minimum absolute atomic E-state index is 0. The summed E-state index contributed by atoms with van der Waals surface area (Å²) in [6, 6.07) is 0.731. The van der Waals surface area contributed by atoms with Gasteiger partial charge in [-0.05, 0) is 19.0 Å². The average Bonchev–Trinajstić information content (AvgIpc) is 2.56. The molecule has 1 aliphatic heterocycles. The molecule has 0 aromatic heterocycles. The van der Waals surface area contributed by atoms with Gasteiger partial charge in [0.2, 0.25) is 0 Å². The summed E-state index contributed by atoms with van der Waals surface area (Å²) in [5.41, 5.74) is 0. The maximum atomic E-state index is 3.48. The van der Waals surface area contributed by atoms with E-state index in [0.717, 1.165) is 25.0 Å². The fourth-order valence-electron chi connectivity index (χ4n) is 1.66. The molecule has 2 heteroatoms. The van der Waals surface area contributed by atoms with Gasteiger partial charge in [-0.3, -0.25) is 0 Å². The molecule has 1 rings (SSSR count). The summed E-state index contributed by atoms with van der Waals surface area (Å²) in [5.74, 6) is 0.861. The Hall–Kier alpha value is -0.0800. The Morgan fingerprint density at radius 2 is 2.00 bits per heavy atom. The molecule has 0 saturated carbocycles. The van der Waals surface area contributed by atoms with Crippen molar-refractivity contribution in [1.29, 1.82) is 0 Å². The Bertz CT molecular complexity index is 98.9. The lowest BCUT2D eigenvalue weighted by Crippen LogP contribution is -2.35. The summed E-state index contributed by atoms with van der Waals surface area (Å²) in [5, 5.41) is 6.88. The quantitative estimate of drug-likeness (QED) is 0.682. The summed E-state index contributed by atoms with van der Waals surface area (Å²) < 4.78 is 0. The third kappa shape index (κ3) is 3.55. The molecule has 76 valence electrons. The van der Waals surface area contributed by atoms with Crippen LogP contribution >= 0.6 is 0 Å². The van der Waals surface area contributed by atoms with Crippen LogP contribution in [0.3, 0.4) is 0 Å². The van der Waals surface area contributed by atoms with E-state index in [1.54, 1.807) is 0 Å². The van der Waals surface area contributed by atoms with Crippen LogP contribution in [-0.4, -0.2) is 25.7 Å². The van der Waals surface area contributed by atoms with Crippen molar-refractivity contribution >= 4 is 0 Å². The molecule has 2 nitrogen and oxygen atoms in total. The molecule has 1 aliphatic rings. The number of hydrogen-bond donors (Lipinski definition) is 2. The number of rotatable bonds is 3. The first-order valence-electron chi connectivity index (χ1n) is 5.32. The maximum absolute atomic E-state index is 3.48. The van der Waals surface area contributed by atoms with Crippen LogP contribution in [0.25, 0.3) is 0 Å². The molecular weight excluding hydrogens is 148 g/mol. The molecule has 1 saturated heterocycles. The largest absolute Gasteiger partial charge is 0.315 e. The highest BCUT2D eigenvalue weighted by Gasteiger charge is 2.23. The van der Waals surface area contributed by atoms with Crippen LogP contribution in [0.4, 0.5) is 0 Å². The highest BCUT2D eigenvalue weighted by atomic mass is 15.0. The van der Waals surface area contributed by atoms with Crippen molar-refractivity contribution in [2.75, 3.05) is 19.6 Å². The van der Waals surface area contributed by atoms with Gasteiger partial charge in [-0.2, -0.15) is 0 Å². The van der Waals surface area contributed by atoms with E-state index < -0.39 is 0 Å². The van der Waals surface area contributed by atoms with Gasteiger partial charge in [0, 0.05) is 14.0 Å². The van der Waals surface area contributed by atoms with Crippen LogP contribution in [0.1, 0.15) is 35.5 Å². The molecule has 1 fully saturated rings. The summed E-state index contributed by atoms with van der Waals surface area (Å²) in [7, 11) is 0. The fraction of sp³-hybridized carbons (Fsp3) is 1.00. The standard InChI is InChI=1S/C8H18N2.C2H6.H2/c1-3-7-5-9-6-8(7)10-4-2;1-2;/h7-10H,3-6H2,1-2H3;1-2H3;1H/t7-,8+;;/m1../s1. The number of likely N-dealkylation sites (N-methyl/N-ethyl adjacent to an activating group) is 1. The third-order valence-corrected chi connectivity index (χ3v) is 2.33. The van der Waals surface area contributed by atoms with Gasteiger partial charge in [0.05, 0.1) is 0 Å². The zero-order chi connectivity index (χ0) is 9.40. The average molecular weight is 174 g/mol. The first-order chi connectivity index (χ1) is 5.88. The van der Waals surface area contributed by atoms with Gasteiger partial charge < -0.3 is 10.6 Å². The van der Waals surface area contributed by atoms with Crippen LogP contribution in [0.15, 0.2) is 0 Å². The highest BCUT2D eigenvalue weighted by molar-refractivity contribution is 4.85. The van der Waals surface area contributed by atoms with Gasteiger partial charge in [0.15, 0.2) is 0 Å². The monoisotopic (exact) mass is 174 g/mol. The van der Waals surface area contributed by atoms with Crippen molar-refractivity contribution in [1.82, 2.24) is 10.6 Å². The van der Waals surface area contributed by atoms with E-state index in [1.807, 2.05) is 13.8 Å². The van der Waals surface area contributed by atoms with Crippen molar-refractivity contribution in [2.24, 2.45) is 5.92 Å². The lowest BCUT2D eigenvalue weighted by Gasteiger charge is -2.16. The first-order valence-corrected chi connectivity index (χ1v) is 5.32. The summed E-state index contributed by atoms with van der Waals surface area (Å²) >= 11 is 0. The molecule has 0 aliphatic carbocycles. The summed E-state index contributed by atoms with van der Waals surface area (Å²) in [6.07, 6.45) is 1.30. The Balaban J connectivity index is 0. The SMILES string of the molecule is CC.CCN[C@H]1CNC[C@H]1CC.[HH]. The normalized spacial score (nSPS) is 28.0. The molecule has 2 atom stereocenters. The van der Waals surface area contributed by atoms with E-state index in [0.29, 0.717) is 0 Å².